The van der Waals surface area contributed by atoms with Gasteiger partial charge in [-0.25, -0.2) is 9.59 Å². The number of nitro benzene ring substituents is 1. The van der Waals surface area contributed by atoms with Gasteiger partial charge in [-0.3, -0.25) is 24.6 Å². The first-order chi connectivity index (χ1) is 14.8. The third kappa shape index (κ3) is 4.66. The number of nitrogens with zero attached hydrogens (tertiary/aromatic N) is 2. The van der Waals surface area contributed by atoms with Crippen molar-refractivity contribution in [2.75, 3.05) is 25.5 Å². The van der Waals surface area contributed by atoms with Gasteiger partial charge in [-0.05, 0) is 30.7 Å². The fourth-order valence-electron chi connectivity index (χ4n) is 3.05. The number of carbonyl (C=O) groups excluding carboxylic acids is 4. The highest BCUT2D eigenvalue weighted by atomic mass is 16.6. The summed E-state index contributed by atoms with van der Waals surface area (Å²) in [6.07, 6.45) is 0.281. The number of ether oxygens (including phenoxy) is 1. The van der Waals surface area contributed by atoms with Gasteiger partial charge in [0.05, 0.1) is 28.7 Å². The average Bonchev–Trinajstić information content (AvgIpc) is 3.00. The van der Waals surface area contributed by atoms with E-state index >= 15 is 0 Å². The number of nitro groups is 1. The number of carbonyl (C=O) groups is 4. The summed E-state index contributed by atoms with van der Waals surface area (Å²) in [7, 11) is 1.25. The standard InChI is InChI=1S/C20H18N4O7/c1-31-19(27)12-4-2-5-13(10-12)22-20(28)21-8-3-9-23-17(25)15-7-6-14(24(29)30)11-16(15)18(23)26/h2,4-7,10-11H,3,8-9H2,1H3,(H2,21,22,28). The molecule has 0 spiro atoms. The molecule has 2 aromatic rings. The normalized spacial score (nSPS) is 12.4. The number of urea groups is 1. The lowest BCUT2D eigenvalue weighted by Crippen LogP contribution is -2.35. The van der Waals surface area contributed by atoms with Crippen LogP contribution in [0.4, 0.5) is 16.2 Å². The van der Waals surface area contributed by atoms with Crippen molar-refractivity contribution in [1.29, 1.82) is 0 Å². The molecule has 11 heteroatoms. The van der Waals surface area contributed by atoms with Crippen LogP contribution in [0.15, 0.2) is 42.5 Å². The third-order valence-electron chi connectivity index (χ3n) is 4.55. The van der Waals surface area contributed by atoms with E-state index in [4.69, 9.17) is 0 Å². The maximum Gasteiger partial charge on any atom is 0.337 e. The summed E-state index contributed by atoms with van der Waals surface area (Å²) in [6.45, 7) is 0.203. The molecule has 3 rings (SSSR count). The number of hydrogen-bond donors (Lipinski definition) is 2. The molecule has 1 aliphatic rings. The summed E-state index contributed by atoms with van der Waals surface area (Å²) in [5.74, 6) is -1.66. The number of fused-ring (bicyclic) bond motifs is 1. The zero-order valence-corrected chi connectivity index (χ0v) is 16.4. The molecule has 0 saturated heterocycles. The summed E-state index contributed by atoms with van der Waals surface area (Å²) in [5, 5.41) is 16.0. The van der Waals surface area contributed by atoms with Gasteiger partial charge in [0.15, 0.2) is 0 Å². The molecular weight excluding hydrogens is 408 g/mol. The van der Waals surface area contributed by atoms with E-state index in [9.17, 15) is 29.3 Å². The van der Waals surface area contributed by atoms with Crippen molar-refractivity contribution < 1.29 is 28.8 Å². The lowest BCUT2D eigenvalue weighted by molar-refractivity contribution is -0.384. The van der Waals surface area contributed by atoms with Gasteiger partial charge in [0.2, 0.25) is 0 Å². The molecule has 31 heavy (non-hydrogen) atoms. The number of anilines is 1. The van der Waals surface area contributed by atoms with E-state index in [0.717, 1.165) is 11.0 Å². The molecule has 0 aliphatic carbocycles. The Morgan fingerprint density at radius 3 is 2.55 bits per heavy atom. The molecule has 0 fully saturated rings. The van der Waals surface area contributed by atoms with E-state index in [-0.39, 0.29) is 41.9 Å². The summed E-state index contributed by atoms with van der Waals surface area (Å²) in [4.78, 5) is 59.6. The summed E-state index contributed by atoms with van der Waals surface area (Å²) in [6, 6.07) is 9.20. The van der Waals surface area contributed by atoms with Crippen molar-refractivity contribution in [1.82, 2.24) is 10.2 Å². The zero-order chi connectivity index (χ0) is 22.5. The molecule has 0 aromatic heterocycles. The van der Waals surface area contributed by atoms with Crippen molar-refractivity contribution in [2.45, 2.75) is 6.42 Å². The Kier molecular flexibility index (Phi) is 6.24. The van der Waals surface area contributed by atoms with Crippen molar-refractivity contribution in [3.63, 3.8) is 0 Å². The highest BCUT2D eigenvalue weighted by molar-refractivity contribution is 6.21. The number of benzene rings is 2. The van der Waals surface area contributed by atoms with Crippen molar-refractivity contribution in [3.8, 4) is 0 Å². The van der Waals surface area contributed by atoms with Gasteiger partial charge in [-0.1, -0.05) is 6.07 Å². The number of methoxy groups -OCH3 is 1. The first kappa shape index (κ1) is 21.4. The Bertz CT molecular complexity index is 1080. The van der Waals surface area contributed by atoms with Crippen LogP contribution in [-0.2, 0) is 4.74 Å². The zero-order valence-electron chi connectivity index (χ0n) is 16.4. The van der Waals surface area contributed by atoms with E-state index in [1.54, 1.807) is 18.2 Å². The highest BCUT2D eigenvalue weighted by Crippen LogP contribution is 2.26. The molecule has 4 amide bonds. The fourth-order valence-corrected chi connectivity index (χ4v) is 3.05. The second kappa shape index (κ2) is 9.03. The van der Waals surface area contributed by atoms with E-state index in [0.29, 0.717) is 5.69 Å². The van der Waals surface area contributed by atoms with Crippen LogP contribution in [0, 0.1) is 10.1 Å². The second-order valence-corrected chi connectivity index (χ2v) is 6.56. The molecule has 2 N–H and O–H groups in total. The first-order valence-electron chi connectivity index (χ1n) is 9.19. The topological polar surface area (TPSA) is 148 Å². The van der Waals surface area contributed by atoms with Crippen molar-refractivity contribution in [2.24, 2.45) is 0 Å². The van der Waals surface area contributed by atoms with Gasteiger partial charge in [0.25, 0.3) is 17.5 Å². The smallest absolute Gasteiger partial charge is 0.337 e. The molecule has 1 aliphatic heterocycles. The molecule has 0 unspecified atom stereocenters. The summed E-state index contributed by atoms with van der Waals surface area (Å²) in [5.41, 5.74) is 0.520. The van der Waals surface area contributed by atoms with Gasteiger partial charge in [-0.15, -0.1) is 0 Å². The minimum Gasteiger partial charge on any atom is -0.465 e. The Morgan fingerprint density at radius 2 is 1.84 bits per heavy atom. The number of nitrogens with one attached hydrogen (secondary N) is 2. The van der Waals surface area contributed by atoms with Crippen LogP contribution in [0.2, 0.25) is 0 Å². The SMILES string of the molecule is COC(=O)c1cccc(NC(=O)NCCCN2C(=O)c3ccc([N+](=O)[O-])cc3C2=O)c1. The monoisotopic (exact) mass is 426 g/mol. The number of rotatable bonds is 7. The molecule has 11 nitrogen and oxygen atoms in total. The summed E-state index contributed by atoms with van der Waals surface area (Å²) >= 11 is 0. The van der Waals surface area contributed by atoms with Crippen LogP contribution in [0.3, 0.4) is 0 Å². The number of non-ortho nitro benzene ring substituents is 1. The van der Waals surface area contributed by atoms with Crippen LogP contribution in [0.25, 0.3) is 0 Å². The summed E-state index contributed by atoms with van der Waals surface area (Å²) < 4.78 is 4.62. The van der Waals surface area contributed by atoms with Crippen LogP contribution in [-0.4, -0.2) is 53.8 Å². The van der Waals surface area contributed by atoms with E-state index in [1.165, 1.54) is 25.3 Å². The van der Waals surface area contributed by atoms with Crippen LogP contribution in [0.5, 0.6) is 0 Å². The Morgan fingerprint density at radius 1 is 1.10 bits per heavy atom. The predicted molar refractivity (Wildman–Crippen MR) is 108 cm³/mol. The Balaban J connectivity index is 1.50. The molecule has 2 aromatic carbocycles. The highest BCUT2D eigenvalue weighted by Gasteiger charge is 2.36. The van der Waals surface area contributed by atoms with Gasteiger partial charge in [0, 0.05) is 30.9 Å². The maximum absolute atomic E-state index is 12.4. The lowest BCUT2D eigenvalue weighted by Gasteiger charge is -2.14. The van der Waals surface area contributed by atoms with Crippen LogP contribution in [0.1, 0.15) is 37.5 Å². The lowest BCUT2D eigenvalue weighted by atomic mass is 10.1. The molecule has 0 atom stereocenters. The van der Waals surface area contributed by atoms with E-state index in [2.05, 4.69) is 15.4 Å². The number of imide groups is 1. The largest absolute Gasteiger partial charge is 0.465 e. The second-order valence-electron chi connectivity index (χ2n) is 6.56. The van der Waals surface area contributed by atoms with Gasteiger partial charge in [0.1, 0.15) is 0 Å². The molecule has 1 heterocycles. The minimum absolute atomic E-state index is 0.00427. The van der Waals surface area contributed by atoms with Gasteiger partial charge >= 0.3 is 12.0 Å². The Labute approximate surface area is 176 Å². The molecular formula is C20H18N4O7. The Hall–Kier alpha value is -4.28. The number of esters is 1. The van der Waals surface area contributed by atoms with E-state index in [1.807, 2.05) is 0 Å². The first-order valence-corrected chi connectivity index (χ1v) is 9.19. The molecule has 0 bridgehead atoms. The average molecular weight is 426 g/mol. The van der Waals surface area contributed by atoms with Gasteiger partial charge in [-0.2, -0.15) is 0 Å². The number of amides is 4. The molecule has 0 radical (unpaired) electrons. The predicted octanol–water partition coefficient (Wildman–Crippen LogP) is 2.19. The number of hydrogen-bond acceptors (Lipinski definition) is 7. The molecule has 0 saturated carbocycles. The molecule has 160 valence electrons. The fraction of sp³-hybridized carbons (Fsp3) is 0.200. The minimum atomic E-state index is -0.635. The van der Waals surface area contributed by atoms with E-state index < -0.39 is 28.7 Å². The van der Waals surface area contributed by atoms with Crippen LogP contribution < -0.4 is 10.6 Å². The van der Waals surface area contributed by atoms with Crippen molar-refractivity contribution >= 4 is 35.2 Å². The third-order valence-corrected chi connectivity index (χ3v) is 4.55. The quantitative estimate of drug-likeness (QED) is 0.227. The van der Waals surface area contributed by atoms with Crippen LogP contribution >= 0.6 is 0 Å². The van der Waals surface area contributed by atoms with Crippen molar-refractivity contribution in [3.05, 3.63) is 69.3 Å². The maximum atomic E-state index is 12.4. The van der Waals surface area contributed by atoms with Gasteiger partial charge < -0.3 is 15.4 Å².